The largest absolute Gasteiger partial charge is 0.332 e. The van der Waals surface area contributed by atoms with E-state index in [1.54, 1.807) is 4.90 Å². The van der Waals surface area contributed by atoms with Gasteiger partial charge in [0.05, 0.1) is 16.6 Å². The molecule has 2 aromatic rings. The third-order valence-corrected chi connectivity index (χ3v) is 5.52. The lowest BCUT2D eigenvalue weighted by Crippen LogP contribution is -2.55. The summed E-state index contributed by atoms with van der Waals surface area (Å²) in [6, 6.07) is 9.42. The van der Waals surface area contributed by atoms with Gasteiger partial charge < -0.3 is 9.80 Å². The van der Waals surface area contributed by atoms with Gasteiger partial charge in [-0.15, -0.1) is 0 Å². The van der Waals surface area contributed by atoms with Gasteiger partial charge in [-0.3, -0.25) is 9.59 Å². The van der Waals surface area contributed by atoms with Gasteiger partial charge in [0.15, 0.2) is 0 Å². The predicted octanol–water partition coefficient (Wildman–Crippen LogP) is 3.71. The van der Waals surface area contributed by atoms with Crippen molar-refractivity contribution in [2.24, 2.45) is 0 Å². The van der Waals surface area contributed by atoms with Crippen LogP contribution in [0, 0.1) is 5.82 Å². The molecule has 1 saturated heterocycles. The fourth-order valence-corrected chi connectivity index (χ4v) is 4.13. The first-order valence-electron chi connectivity index (χ1n) is 8.27. The number of fused-ring (bicyclic) bond motifs is 3. The molecule has 2 aromatic carbocycles. The van der Waals surface area contributed by atoms with E-state index >= 15 is 0 Å². The molecular weight excluding hydrogens is 378 g/mol. The first-order chi connectivity index (χ1) is 12.5. The van der Waals surface area contributed by atoms with Crippen molar-refractivity contribution in [1.82, 2.24) is 9.80 Å². The lowest BCUT2D eigenvalue weighted by molar-refractivity contribution is -0.139. The Morgan fingerprint density at radius 2 is 2.00 bits per heavy atom. The van der Waals surface area contributed by atoms with E-state index in [1.807, 2.05) is 18.2 Å². The SMILES string of the molecule is O=C(c1c(F)cccc1Cl)N1CC(=O)N2CCc3ccc(Cl)cc3C2C1. The van der Waals surface area contributed by atoms with Crippen molar-refractivity contribution >= 4 is 35.0 Å². The van der Waals surface area contributed by atoms with E-state index < -0.39 is 11.7 Å². The average Bonchev–Trinajstić information content (AvgIpc) is 2.61. The first-order valence-corrected chi connectivity index (χ1v) is 9.02. The zero-order valence-electron chi connectivity index (χ0n) is 13.7. The number of rotatable bonds is 1. The molecule has 0 bridgehead atoms. The second kappa shape index (κ2) is 6.56. The Labute approximate surface area is 160 Å². The molecule has 26 heavy (non-hydrogen) atoms. The summed E-state index contributed by atoms with van der Waals surface area (Å²) < 4.78 is 14.1. The topological polar surface area (TPSA) is 40.6 Å². The summed E-state index contributed by atoms with van der Waals surface area (Å²) in [5.74, 6) is -1.42. The van der Waals surface area contributed by atoms with Crippen LogP contribution in [0.15, 0.2) is 36.4 Å². The molecule has 0 radical (unpaired) electrons. The number of nitrogens with zero attached hydrogens (tertiary/aromatic N) is 2. The summed E-state index contributed by atoms with van der Waals surface area (Å²) in [4.78, 5) is 28.6. The third-order valence-electron chi connectivity index (χ3n) is 4.97. The van der Waals surface area contributed by atoms with Gasteiger partial charge in [0.25, 0.3) is 5.91 Å². The first kappa shape index (κ1) is 17.3. The monoisotopic (exact) mass is 392 g/mol. The van der Waals surface area contributed by atoms with E-state index in [0.717, 1.165) is 17.5 Å². The Balaban J connectivity index is 1.69. The van der Waals surface area contributed by atoms with Crippen LogP contribution in [0.4, 0.5) is 4.39 Å². The van der Waals surface area contributed by atoms with Crippen molar-refractivity contribution in [2.75, 3.05) is 19.6 Å². The van der Waals surface area contributed by atoms with Crippen LogP contribution in [0.25, 0.3) is 0 Å². The maximum Gasteiger partial charge on any atom is 0.258 e. The molecular formula is C19H15Cl2FN2O2. The molecule has 0 spiro atoms. The number of hydrogen-bond acceptors (Lipinski definition) is 2. The third kappa shape index (κ3) is 2.85. The lowest BCUT2D eigenvalue weighted by Gasteiger charge is -2.44. The number of halogens is 3. The van der Waals surface area contributed by atoms with E-state index in [-0.39, 0.29) is 35.6 Å². The number of amides is 2. The Morgan fingerprint density at radius 1 is 1.19 bits per heavy atom. The number of hydrogen-bond donors (Lipinski definition) is 0. The molecule has 0 N–H and O–H groups in total. The molecule has 0 aromatic heterocycles. The quantitative estimate of drug-likeness (QED) is 0.741. The molecule has 0 saturated carbocycles. The number of carbonyl (C=O) groups excluding carboxylic acids is 2. The highest BCUT2D eigenvalue weighted by Crippen LogP contribution is 2.35. The standard InChI is InChI=1S/C19H15Cl2FN2O2/c20-12-5-4-11-6-7-24-16(13(11)8-12)9-23(10-17(24)25)19(26)18-14(21)2-1-3-15(18)22/h1-5,8,16H,6-7,9-10H2. The van der Waals surface area contributed by atoms with Gasteiger partial charge in [0.2, 0.25) is 5.91 Å². The van der Waals surface area contributed by atoms with E-state index in [9.17, 15) is 14.0 Å². The molecule has 4 rings (SSSR count). The molecule has 1 unspecified atom stereocenters. The smallest absolute Gasteiger partial charge is 0.258 e. The maximum atomic E-state index is 14.1. The second-order valence-corrected chi connectivity index (χ2v) is 7.32. The van der Waals surface area contributed by atoms with Crippen molar-refractivity contribution in [3.05, 3.63) is 69.0 Å². The van der Waals surface area contributed by atoms with Gasteiger partial charge >= 0.3 is 0 Å². The summed E-state index contributed by atoms with van der Waals surface area (Å²) in [7, 11) is 0. The van der Waals surface area contributed by atoms with Crippen LogP contribution in [-0.4, -0.2) is 41.2 Å². The maximum absolute atomic E-state index is 14.1. The molecule has 0 aliphatic carbocycles. The summed E-state index contributed by atoms with van der Waals surface area (Å²) >= 11 is 12.1. The number of benzene rings is 2. The highest BCUT2D eigenvalue weighted by atomic mass is 35.5. The Hall–Kier alpha value is -2.11. The van der Waals surface area contributed by atoms with Crippen LogP contribution in [0.1, 0.15) is 27.5 Å². The zero-order chi connectivity index (χ0) is 18.4. The van der Waals surface area contributed by atoms with Crippen LogP contribution >= 0.6 is 23.2 Å². The minimum atomic E-state index is -0.690. The van der Waals surface area contributed by atoms with Gasteiger partial charge in [-0.25, -0.2) is 4.39 Å². The molecule has 1 fully saturated rings. The number of carbonyl (C=O) groups is 2. The molecule has 134 valence electrons. The van der Waals surface area contributed by atoms with Crippen molar-refractivity contribution in [1.29, 1.82) is 0 Å². The highest BCUT2D eigenvalue weighted by Gasteiger charge is 2.39. The Kier molecular flexibility index (Phi) is 4.37. The zero-order valence-corrected chi connectivity index (χ0v) is 15.2. The molecule has 7 heteroatoms. The van der Waals surface area contributed by atoms with E-state index in [0.29, 0.717) is 11.6 Å². The molecule has 2 aliphatic heterocycles. The average molecular weight is 393 g/mol. The Bertz CT molecular complexity index is 898. The van der Waals surface area contributed by atoms with Crippen LogP contribution in [-0.2, 0) is 11.2 Å². The van der Waals surface area contributed by atoms with Crippen LogP contribution in [0.3, 0.4) is 0 Å². The number of piperazine rings is 1. The minimum absolute atomic E-state index is 0.0389. The summed E-state index contributed by atoms with van der Waals surface area (Å²) in [6.45, 7) is 0.791. The fourth-order valence-electron chi connectivity index (χ4n) is 3.71. The van der Waals surface area contributed by atoms with Crippen LogP contribution in [0.2, 0.25) is 10.0 Å². The van der Waals surface area contributed by atoms with Crippen LogP contribution < -0.4 is 0 Å². The molecule has 2 amide bonds. The van der Waals surface area contributed by atoms with E-state index in [2.05, 4.69) is 0 Å². The van der Waals surface area contributed by atoms with E-state index in [1.165, 1.54) is 23.1 Å². The molecule has 1 atom stereocenters. The minimum Gasteiger partial charge on any atom is -0.332 e. The summed E-state index contributed by atoms with van der Waals surface area (Å²) in [5, 5.41) is 0.621. The van der Waals surface area contributed by atoms with E-state index in [4.69, 9.17) is 23.2 Å². The van der Waals surface area contributed by atoms with Crippen molar-refractivity contribution < 1.29 is 14.0 Å². The molecule has 2 heterocycles. The summed E-state index contributed by atoms with van der Waals surface area (Å²) in [6.07, 6.45) is 0.752. The van der Waals surface area contributed by atoms with Crippen molar-refractivity contribution in [3.8, 4) is 0 Å². The predicted molar refractivity (Wildman–Crippen MR) is 96.9 cm³/mol. The van der Waals surface area contributed by atoms with Gasteiger partial charge in [0, 0.05) is 18.1 Å². The fraction of sp³-hybridized carbons (Fsp3) is 0.263. The molecule has 4 nitrogen and oxygen atoms in total. The van der Waals surface area contributed by atoms with Gasteiger partial charge in [-0.1, -0.05) is 35.3 Å². The highest BCUT2D eigenvalue weighted by molar-refractivity contribution is 6.34. The van der Waals surface area contributed by atoms with Gasteiger partial charge in [-0.05, 0) is 41.8 Å². The van der Waals surface area contributed by atoms with Crippen molar-refractivity contribution in [3.63, 3.8) is 0 Å². The van der Waals surface area contributed by atoms with Gasteiger partial charge in [0.1, 0.15) is 12.4 Å². The normalized spacial score (nSPS) is 19.2. The molecule has 2 aliphatic rings. The van der Waals surface area contributed by atoms with Gasteiger partial charge in [-0.2, -0.15) is 0 Å². The van der Waals surface area contributed by atoms with Crippen LogP contribution in [0.5, 0.6) is 0 Å². The lowest BCUT2D eigenvalue weighted by atomic mass is 9.90. The second-order valence-electron chi connectivity index (χ2n) is 6.48. The Morgan fingerprint density at radius 3 is 2.77 bits per heavy atom. The summed E-state index contributed by atoms with van der Waals surface area (Å²) in [5.41, 5.74) is 1.86. The van der Waals surface area contributed by atoms with Crippen molar-refractivity contribution in [2.45, 2.75) is 12.5 Å².